The third-order valence-corrected chi connectivity index (χ3v) is 2.62. The highest BCUT2D eigenvalue weighted by Crippen LogP contribution is 2.22. The van der Waals surface area contributed by atoms with E-state index in [4.69, 9.17) is 0 Å². The molecule has 0 aromatic heterocycles. The van der Waals surface area contributed by atoms with E-state index in [9.17, 15) is 0 Å². The highest BCUT2D eigenvalue weighted by atomic mass is 15.4. The summed E-state index contributed by atoms with van der Waals surface area (Å²) in [5, 5.41) is 0. The molecule has 0 spiro atoms. The van der Waals surface area contributed by atoms with Crippen molar-refractivity contribution in [2.45, 2.75) is 38.5 Å². The van der Waals surface area contributed by atoms with Crippen molar-refractivity contribution in [2.24, 2.45) is 0 Å². The zero-order valence-corrected chi connectivity index (χ0v) is 6.95. The van der Waals surface area contributed by atoms with Crippen molar-refractivity contribution in [3.8, 4) is 0 Å². The van der Waals surface area contributed by atoms with Crippen LogP contribution in [0.15, 0.2) is 11.3 Å². The van der Waals surface area contributed by atoms with Gasteiger partial charge >= 0.3 is 0 Å². The fourth-order valence-electron chi connectivity index (χ4n) is 1.92. The zero-order valence-electron chi connectivity index (χ0n) is 6.95. The van der Waals surface area contributed by atoms with Gasteiger partial charge in [0.2, 0.25) is 0 Å². The van der Waals surface area contributed by atoms with Gasteiger partial charge in [-0.1, -0.05) is 12.8 Å². The zero-order chi connectivity index (χ0) is 7.52. The average molecular weight is 152 g/mol. The molecule has 1 heterocycles. The minimum Gasteiger partial charge on any atom is -0.325 e. The standard InChI is InChI=1S/C9H16N2/c1-2-4-6-9-8(5-3-1)7-10-11-9/h10-11H,1-7H2. The van der Waals surface area contributed by atoms with Crippen LogP contribution in [0, 0.1) is 0 Å². The van der Waals surface area contributed by atoms with Crippen molar-refractivity contribution in [3.63, 3.8) is 0 Å². The van der Waals surface area contributed by atoms with E-state index in [0.717, 1.165) is 6.54 Å². The first-order chi connectivity index (χ1) is 5.47. The second-order valence-electron chi connectivity index (χ2n) is 3.47. The second kappa shape index (κ2) is 3.26. The molecule has 1 aliphatic heterocycles. The monoisotopic (exact) mass is 152 g/mol. The summed E-state index contributed by atoms with van der Waals surface area (Å²) >= 11 is 0. The van der Waals surface area contributed by atoms with Gasteiger partial charge in [0.25, 0.3) is 0 Å². The highest BCUT2D eigenvalue weighted by Gasteiger charge is 2.14. The maximum atomic E-state index is 3.26. The number of hydrogen-bond donors (Lipinski definition) is 2. The van der Waals surface area contributed by atoms with Crippen molar-refractivity contribution in [3.05, 3.63) is 11.3 Å². The summed E-state index contributed by atoms with van der Waals surface area (Å²) in [7, 11) is 0. The Morgan fingerprint density at radius 3 is 2.64 bits per heavy atom. The minimum absolute atomic E-state index is 1.08. The third kappa shape index (κ3) is 1.56. The van der Waals surface area contributed by atoms with Crippen molar-refractivity contribution >= 4 is 0 Å². The van der Waals surface area contributed by atoms with Gasteiger partial charge < -0.3 is 5.43 Å². The molecular weight excluding hydrogens is 136 g/mol. The predicted molar refractivity (Wildman–Crippen MR) is 45.9 cm³/mol. The van der Waals surface area contributed by atoms with E-state index in [-0.39, 0.29) is 0 Å². The molecule has 0 bridgehead atoms. The van der Waals surface area contributed by atoms with Crippen LogP contribution < -0.4 is 10.9 Å². The molecule has 2 aliphatic rings. The molecule has 0 amide bonds. The molecule has 2 rings (SSSR count). The largest absolute Gasteiger partial charge is 0.325 e. The van der Waals surface area contributed by atoms with Crippen molar-refractivity contribution in [2.75, 3.05) is 6.54 Å². The van der Waals surface area contributed by atoms with Gasteiger partial charge in [0.05, 0.1) is 0 Å². The Morgan fingerprint density at radius 2 is 1.73 bits per heavy atom. The van der Waals surface area contributed by atoms with Crippen LogP contribution in [0.2, 0.25) is 0 Å². The first-order valence-corrected chi connectivity index (χ1v) is 4.66. The summed E-state index contributed by atoms with van der Waals surface area (Å²) in [5.74, 6) is 0. The van der Waals surface area contributed by atoms with Crippen LogP contribution in [0.25, 0.3) is 0 Å². The molecule has 0 saturated heterocycles. The molecule has 0 saturated carbocycles. The number of hydrazine groups is 1. The van der Waals surface area contributed by atoms with Crippen LogP contribution >= 0.6 is 0 Å². The van der Waals surface area contributed by atoms with E-state index in [1.807, 2.05) is 0 Å². The first kappa shape index (κ1) is 7.17. The minimum atomic E-state index is 1.08. The van der Waals surface area contributed by atoms with Gasteiger partial charge in [-0.05, 0) is 31.3 Å². The van der Waals surface area contributed by atoms with Gasteiger partial charge in [0, 0.05) is 12.2 Å². The van der Waals surface area contributed by atoms with Gasteiger partial charge in [0.1, 0.15) is 0 Å². The SMILES string of the molecule is C1CCCC2=C(CC1)CNN2. The molecule has 2 N–H and O–H groups in total. The van der Waals surface area contributed by atoms with Crippen molar-refractivity contribution in [1.29, 1.82) is 0 Å². The fraction of sp³-hybridized carbons (Fsp3) is 0.778. The van der Waals surface area contributed by atoms with Gasteiger partial charge in [-0.25, -0.2) is 5.43 Å². The van der Waals surface area contributed by atoms with E-state index < -0.39 is 0 Å². The van der Waals surface area contributed by atoms with E-state index in [1.165, 1.54) is 44.2 Å². The summed E-state index contributed by atoms with van der Waals surface area (Å²) < 4.78 is 0. The Balaban J connectivity index is 2.05. The predicted octanol–water partition coefficient (Wildman–Crippen LogP) is 1.70. The maximum Gasteiger partial charge on any atom is 0.0378 e. The highest BCUT2D eigenvalue weighted by molar-refractivity contribution is 5.18. The fourth-order valence-corrected chi connectivity index (χ4v) is 1.92. The van der Waals surface area contributed by atoms with Crippen molar-refractivity contribution in [1.82, 2.24) is 10.9 Å². The molecular formula is C9H16N2. The molecule has 0 radical (unpaired) electrons. The molecule has 0 unspecified atom stereocenters. The van der Waals surface area contributed by atoms with E-state index in [1.54, 1.807) is 5.57 Å². The summed E-state index contributed by atoms with van der Waals surface area (Å²) in [4.78, 5) is 0. The van der Waals surface area contributed by atoms with Crippen LogP contribution in [0.5, 0.6) is 0 Å². The smallest absolute Gasteiger partial charge is 0.0378 e. The van der Waals surface area contributed by atoms with Crippen LogP contribution in [0.1, 0.15) is 38.5 Å². The van der Waals surface area contributed by atoms with Gasteiger partial charge in [-0.3, -0.25) is 0 Å². The molecule has 62 valence electrons. The summed E-state index contributed by atoms with van der Waals surface area (Å²) in [6.45, 7) is 1.08. The quantitative estimate of drug-likeness (QED) is 0.552. The lowest BCUT2D eigenvalue weighted by molar-refractivity contribution is 0.601. The number of hydrogen-bond acceptors (Lipinski definition) is 2. The lowest BCUT2D eigenvalue weighted by atomic mass is 9.98. The lowest BCUT2D eigenvalue weighted by Gasteiger charge is -2.10. The lowest BCUT2D eigenvalue weighted by Crippen LogP contribution is -2.23. The molecule has 0 atom stereocenters. The Kier molecular flexibility index (Phi) is 2.13. The van der Waals surface area contributed by atoms with Gasteiger partial charge in [0.15, 0.2) is 0 Å². The Labute approximate surface area is 68.0 Å². The van der Waals surface area contributed by atoms with Crippen LogP contribution in [-0.2, 0) is 0 Å². The third-order valence-electron chi connectivity index (χ3n) is 2.62. The average Bonchev–Trinajstić information content (AvgIpc) is 2.35. The second-order valence-corrected chi connectivity index (χ2v) is 3.47. The summed E-state index contributed by atoms with van der Waals surface area (Å²) in [5.41, 5.74) is 9.57. The van der Waals surface area contributed by atoms with Gasteiger partial charge in [-0.2, -0.15) is 0 Å². The number of rotatable bonds is 0. The Morgan fingerprint density at radius 1 is 0.909 bits per heavy atom. The molecule has 0 fully saturated rings. The van der Waals surface area contributed by atoms with E-state index in [0.29, 0.717) is 0 Å². The van der Waals surface area contributed by atoms with Crippen molar-refractivity contribution < 1.29 is 0 Å². The summed E-state index contributed by atoms with van der Waals surface area (Å²) in [6.07, 6.45) is 8.18. The van der Waals surface area contributed by atoms with E-state index >= 15 is 0 Å². The molecule has 0 aromatic rings. The summed E-state index contributed by atoms with van der Waals surface area (Å²) in [6, 6.07) is 0. The topological polar surface area (TPSA) is 24.1 Å². The molecule has 0 aromatic carbocycles. The first-order valence-electron chi connectivity index (χ1n) is 4.66. The van der Waals surface area contributed by atoms with Gasteiger partial charge in [-0.15, -0.1) is 0 Å². The Hall–Kier alpha value is -0.500. The Bertz CT molecular complexity index is 154. The number of nitrogens with one attached hydrogen (secondary N) is 2. The molecule has 2 nitrogen and oxygen atoms in total. The van der Waals surface area contributed by atoms with Crippen LogP contribution in [0.3, 0.4) is 0 Å². The molecule has 1 aliphatic carbocycles. The van der Waals surface area contributed by atoms with Crippen LogP contribution in [-0.4, -0.2) is 6.54 Å². The maximum absolute atomic E-state index is 3.26. The molecule has 11 heavy (non-hydrogen) atoms. The van der Waals surface area contributed by atoms with E-state index in [2.05, 4.69) is 10.9 Å². The molecule has 2 heteroatoms. The van der Waals surface area contributed by atoms with Crippen LogP contribution in [0.4, 0.5) is 0 Å². The normalized spacial score (nSPS) is 25.5. The number of allylic oxidation sites excluding steroid dienone is 1.